The van der Waals surface area contributed by atoms with Crippen LogP contribution in [0.4, 0.5) is 13.2 Å². The number of amides is 1. The van der Waals surface area contributed by atoms with Gasteiger partial charge in [0.05, 0.1) is 6.10 Å². The zero-order valence-electron chi connectivity index (χ0n) is 11.5. The van der Waals surface area contributed by atoms with Crippen LogP contribution in [-0.2, 0) is 0 Å². The third-order valence-electron chi connectivity index (χ3n) is 2.50. The van der Waals surface area contributed by atoms with Gasteiger partial charge in [0.25, 0.3) is 5.91 Å². The van der Waals surface area contributed by atoms with Crippen LogP contribution in [0.2, 0.25) is 0 Å². The van der Waals surface area contributed by atoms with Gasteiger partial charge in [0.1, 0.15) is 0 Å². The van der Waals surface area contributed by atoms with Gasteiger partial charge in [-0.25, -0.2) is 4.98 Å². The molecule has 8 heteroatoms. The summed E-state index contributed by atoms with van der Waals surface area (Å²) in [6.45, 7) is 0.381. The molecule has 1 heterocycles. The smallest absolute Gasteiger partial charge is 0.422 e. The van der Waals surface area contributed by atoms with Crippen LogP contribution in [0, 0.1) is 0 Å². The molecule has 0 aliphatic rings. The van der Waals surface area contributed by atoms with Gasteiger partial charge in [0.15, 0.2) is 18.1 Å². The number of nitrogens with zero attached hydrogens (tertiary/aromatic N) is 1. The quantitative estimate of drug-likeness (QED) is 0.807. The number of alkyl halides is 3. The predicted octanol–water partition coefficient (Wildman–Crippen LogP) is 1.91. The van der Waals surface area contributed by atoms with Gasteiger partial charge in [-0.1, -0.05) is 13.3 Å². The van der Waals surface area contributed by atoms with Crippen LogP contribution in [0.25, 0.3) is 0 Å². The van der Waals surface area contributed by atoms with E-state index < -0.39 is 24.8 Å². The largest absolute Gasteiger partial charge is 0.482 e. The molecule has 1 atom stereocenters. The fourth-order valence-corrected chi connectivity index (χ4v) is 1.57. The number of carbonyl (C=O) groups is 1. The minimum atomic E-state index is -4.50. The maximum absolute atomic E-state index is 12.1. The topological polar surface area (TPSA) is 71.5 Å². The zero-order valence-corrected chi connectivity index (χ0v) is 11.5. The highest BCUT2D eigenvalue weighted by Gasteiger charge is 2.29. The molecule has 0 radical (unpaired) electrons. The second kappa shape index (κ2) is 7.82. The van der Waals surface area contributed by atoms with Crippen molar-refractivity contribution in [3.8, 4) is 5.75 Å². The molecule has 1 unspecified atom stereocenters. The lowest BCUT2D eigenvalue weighted by molar-refractivity contribution is -0.153. The van der Waals surface area contributed by atoms with Gasteiger partial charge in [-0.3, -0.25) is 4.79 Å². The monoisotopic (exact) mass is 306 g/mol. The number of aliphatic hydroxyl groups is 1. The average Bonchev–Trinajstić information content (AvgIpc) is 2.42. The van der Waals surface area contributed by atoms with Crippen molar-refractivity contribution in [2.45, 2.75) is 32.0 Å². The summed E-state index contributed by atoms with van der Waals surface area (Å²) < 4.78 is 41.0. The lowest BCUT2D eigenvalue weighted by Gasteiger charge is -2.13. The molecule has 0 aliphatic carbocycles. The molecule has 1 aromatic heterocycles. The van der Waals surface area contributed by atoms with Crippen LogP contribution in [0.1, 0.15) is 30.3 Å². The van der Waals surface area contributed by atoms with Gasteiger partial charge in [-0.15, -0.1) is 0 Å². The molecule has 1 aromatic rings. The number of carbonyl (C=O) groups excluding carboxylic acids is 1. The molecule has 0 fully saturated rings. The molecule has 5 nitrogen and oxygen atoms in total. The Balaban J connectivity index is 2.67. The van der Waals surface area contributed by atoms with Crippen molar-refractivity contribution in [2.75, 3.05) is 13.2 Å². The van der Waals surface area contributed by atoms with Crippen LogP contribution in [-0.4, -0.2) is 41.4 Å². The summed E-state index contributed by atoms with van der Waals surface area (Å²) in [6, 6.07) is 2.60. The van der Waals surface area contributed by atoms with Crippen molar-refractivity contribution in [3.63, 3.8) is 0 Å². The van der Waals surface area contributed by atoms with Crippen molar-refractivity contribution in [1.82, 2.24) is 10.3 Å². The summed E-state index contributed by atoms with van der Waals surface area (Å²) >= 11 is 0. The minimum absolute atomic E-state index is 0.00194. The van der Waals surface area contributed by atoms with Gasteiger partial charge in [0.2, 0.25) is 0 Å². The van der Waals surface area contributed by atoms with Crippen LogP contribution in [0.3, 0.4) is 0 Å². The van der Waals surface area contributed by atoms with Crippen molar-refractivity contribution in [3.05, 3.63) is 24.0 Å². The molecule has 1 rings (SSSR count). The van der Waals surface area contributed by atoms with Gasteiger partial charge < -0.3 is 15.2 Å². The second-order valence-electron chi connectivity index (χ2n) is 4.41. The molecule has 0 spiro atoms. The van der Waals surface area contributed by atoms with E-state index >= 15 is 0 Å². The molecular formula is C13H17F3N2O3. The lowest BCUT2D eigenvalue weighted by atomic mass is 10.2. The molecule has 0 aliphatic heterocycles. The highest BCUT2D eigenvalue weighted by Crippen LogP contribution is 2.20. The predicted molar refractivity (Wildman–Crippen MR) is 69.0 cm³/mol. The lowest BCUT2D eigenvalue weighted by Crippen LogP contribution is -2.33. The van der Waals surface area contributed by atoms with Crippen LogP contribution in [0.15, 0.2) is 18.3 Å². The number of rotatable bonds is 7. The summed E-state index contributed by atoms with van der Waals surface area (Å²) in [5, 5.41) is 11.9. The Kier molecular flexibility index (Phi) is 6.41. The summed E-state index contributed by atoms with van der Waals surface area (Å²) in [5.74, 6) is -0.944. The number of pyridine rings is 1. The van der Waals surface area contributed by atoms with Gasteiger partial charge >= 0.3 is 6.18 Å². The molecule has 0 aromatic carbocycles. The number of halogens is 3. The van der Waals surface area contributed by atoms with Gasteiger partial charge in [-0.05, 0) is 18.6 Å². The Labute approximate surface area is 120 Å². The Hall–Kier alpha value is -1.83. The molecule has 0 saturated heterocycles. The van der Waals surface area contributed by atoms with Crippen LogP contribution < -0.4 is 10.1 Å². The van der Waals surface area contributed by atoms with Crippen LogP contribution >= 0.6 is 0 Å². The summed E-state index contributed by atoms with van der Waals surface area (Å²) in [5.41, 5.74) is -0.245. The Morgan fingerprint density at radius 3 is 2.86 bits per heavy atom. The van der Waals surface area contributed by atoms with E-state index in [0.29, 0.717) is 6.42 Å². The zero-order chi connectivity index (χ0) is 15.9. The van der Waals surface area contributed by atoms with E-state index in [9.17, 15) is 23.1 Å². The van der Waals surface area contributed by atoms with E-state index in [-0.39, 0.29) is 18.0 Å². The molecule has 0 bridgehead atoms. The number of ether oxygens (including phenoxy) is 1. The summed E-state index contributed by atoms with van der Waals surface area (Å²) in [4.78, 5) is 15.6. The van der Waals surface area contributed by atoms with Gasteiger partial charge in [-0.2, -0.15) is 13.2 Å². The first-order valence-corrected chi connectivity index (χ1v) is 6.44. The molecule has 118 valence electrons. The molecular weight excluding hydrogens is 289 g/mol. The molecule has 21 heavy (non-hydrogen) atoms. The van der Waals surface area contributed by atoms with E-state index in [2.05, 4.69) is 15.0 Å². The van der Waals surface area contributed by atoms with E-state index in [1.165, 1.54) is 18.3 Å². The number of aromatic nitrogens is 1. The number of nitrogens with one attached hydrogen (secondary N) is 1. The standard InChI is InChI=1S/C13H17F3N2O3/c1-2-4-9(19)7-18-12(20)11-10(5-3-6-17-11)21-8-13(14,15)16/h3,5-6,9,19H,2,4,7-8H2,1H3,(H,18,20). The third kappa shape index (κ3) is 6.44. The molecule has 2 N–H and O–H groups in total. The molecule has 0 saturated carbocycles. The fraction of sp³-hybridized carbons (Fsp3) is 0.538. The first-order chi connectivity index (χ1) is 9.83. The van der Waals surface area contributed by atoms with Crippen molar-refractivity contribution in [2.24, 2.45) is 0 Å². The fourth-order valence-electron chi connectivity index (χ4n) is 1.57. The Morgan fingerprint density at radius 2 is 2.24 bits per heavy atom. The van der Waals surface area contributed by atoms with E-state index in [1.807, 2.05) is 6.92 Å². The first-order valence-electron chi connectivity index (χ1n) is 6.44. The van der Waals surface area contributed by atoms with E-state index in [1.54, 1.807) is 0 Å². The SMILES string of the molecule is CCCC(O)CNC(=O)c1ncccc1OCC(F)(F)F. The van der Waals surface area contributed by atoms with Gasteiger partial charge in [0, 0.05) is 12.7 Å². The highest BCUT2D eigenvalue weighted by atomic mass is 19.4. The number of aliphatic hydroxyl groups excluding tert-OH is 1. The first kappa shape index (κ1) is 17.2. The maximum atomic E-state index is 12.1. The highest BCUT2D eigenvalue weighted by molar-refractivity contribution is 5.94. The maximum Gasteiger partial charge on any atom is 0.422 e. The van der Waals surface area contributed by atoms with Crippen molar-refractivity contribution in [1.29, 1.82) is 0 Å². The van der Waals surface area contributed by atoms with Crippen molar-refractivity contribution >= 4 is 5.91 Å². The summed E-state index contributed by atoms with van der Waals surface area (Å²) in [6.07, 6.45) is -2.67. The summed E-state index contributed by atoms with van der Waals surface area (Å²) in [7, 11) is 0. The number of hydrogen-bond donors (Lipinski definition) is 2. The van der Waals surface area contributed by atoms with Crippen molar-refractivity contribution < 1.29 is 27.8 Å². The third-order valence-corrected chi connectivity index (χ3v) is 2.50. The normalized spacial score (nSPS) is 12.8. The van der Waals surface area contributed by atoms with E-state index in [4.69, 9.17) is 0 Å². The van der Waals surface area contributed by atoms with E-state index in [0.717, 1.165) is 6.42 Å². The average molecular weight is 306 g/mol. The Bertz CT molecular complexity index is 466. The second-order valence-corrected chi connectivity index (χ2v) is 4.41. The Morgan fingerprint density at radius 1 is 1.52 bits per heavy atom. The minimum Gasteiger partial charge on any atom is -0.482 e. The molecule has 1 amide bonds. The van der Waals surface area contributed by atoms with Crippen LogP contribution in [0.5, 0.6) is 5.75 Å². The number of hydrogen-bond acceptors (Lipinski definition) is 4.